The van der Waals surface area contributed by atoms with Gasteiger partial charge in [0.05, 0.1) is 25.9 Å². The van der Waals surface area contributed by atoms with Gasteiger partial charge < -0.3 is 25.2 Å². The van der Waals surface area contributed by atoms with Gasteiger partial charge in [-0.2, -0.15) is 0 Å². The summed E-state index contributed by atoms with van der Waals surface area (Å²) in [5.41, 5.74) is -1.10. The Bertz CT molecular complexity index is 309. The molecule has 0 bridgehead atoms. The molecular formula is C10H18N2O5. The van der Waals surface area contributed by atoms with Gasteiger partial charge in [0.1, 0.15) is 5.41 Å². The summed E-state index contributed by atoms with van der Waals surface area (Å²) in [6.07, 6.45) is 0. The minimum absolute atomic E-state index is 0.0804. The first-order valence-electron chi connectivity index (χ1n) is 5.35. The van der Waals surface area contributed by atoms with E-state index in [0.717, 1.165) is 0 Å². The van der Waals surface area contributed by atoms with E-state index in [1.54, 1.807) is 6.92 Å². The highest BCUT2D eigenvalue weighted by molar-refractivity contribution is 5.79. The lowest BCUT2D eigenvalue weighted by Crippen LogP contribution is -2.53. The summed E-state index contributed by atoms with van der Waals surface area (Å²) in [5.74, 6) is -0.995. The van der Waals surface area contributed by atoms with Crippen molar-refractivity contribution in [3.8, 4) is 0 Å². The normalized spacial score (nSPS) is 27.8. The van der Waals surface area contributed by atoms with Crippen LogP contribution in [0, 0.1) is 5.41 Å². The number of rotatable bonds is 4. The molecule has 1 heterocycles. The lowest BCUT2D eigenvalue weighted by atomic mass is 9.85. The van der Waals surface area contributed by atoms with E-state index in [-0.39, 0.29) is 26.4 Å². The predicted molar refractivity (Wildman–Crippen MR) is 58.6 cm³/mol. The molecule has 7 heteroatoms. The summed E-state index contributed by atoms with van der Waals surface area (Å²) >= 11 is 0. The van der Waals surface area contributed by atoms with Gasteiger partial charge in [0.2, 0.25) is 0 Å². The summed E-state index contributed by atoms with van der Waals surface area (Å²) in [4.78, 5) is 24.1. The quantitative estimate of drug-likeness (QED) is 0.597. The van der Waals surface area contributed by atoms with Gasteiger partial charge in [-0.05, 0) is 6.92 Å². The number of aliphatic hydroxyl groups is 1. The smallest absolute Gasteiger partial charge is 0.317 e. The van der Waals surface area contributed by atoms with Crippen LogP contribution in [-0.2, 0) is 9.53 Å². The Labute approximate surface area is 99.4 Å². The zero-order chi connectivity index (χ0) is 13.1. The molecule has 1 aliphatic heterocycles. The van der Waals surface area contributed by atoms with Crippen molar-refractivity contribution in [3.05, 3.63) is 0 Å². The summed E-state index contributed by atoms with van der Waals surface area (Å²) < 4.78 is 5.11. The summed E-state index contributed by atoms with van der Waals surface area (Å²) in [6, 6.07) is -0.976. The number of nitrogens with zero attached hydrogens (tertiary/aromatic N) is 1. The van der Waals surface area contributed by atoms with E-state index in [1.165, 1.54) is 11.9 Å². The van der Waals surface area contributed by atoms with Crippen LogP contribution in [0.25, 0.3) is 0 Å². The van der Waals surface area contributed by atoms with Gasteiger partial charge in [-0.1, -0.05) is 0 Å². The van der Waals surface area contributed by atoms with Crippen LogP contribution >= 0.6 is 0 Å². The number of nitrogens with one attached hydrogen (secondary N) is 1. The van der Waals surface area contributed by atoms with Crippen LogP contribution in [0.5, 0.6) is 0 Å². The number of ether oxygens (including phenoxy) is 1. The van der Waals surface area contributed by atoms with Crippen molar-refractivity contribution in [2.75, 3.05) is 33.4 Å². The Morgan fingerprint density at radius 1 is 1.59 bits per heavy atom. The topological polar surface area (TPSA) is 99.1 Å². The molecule has 17 heavy (non-hydrogen) atoms. The third-order valence-corrected chi connectivity index (χ3v) is 3.02. The Kier molecular flexibility index (Phi) is 4.30. The maximum Gasteiger partial charge on any atom is 0.317 e. The molecule has 0 saturated carbocycles. The molecule has 1 rings (SSSR count). The van der Waals surface area contributed by atoms with E-state index in [4.69, 9.17) is 14.9 Å². The van der Waals surface area contributed by atoms with Crippen molar-refractivity contribution in [3.63, 3.8) is 0 Å². The molecule has 1 saturated heterocycles. The summed E-state index contributed by atoms with van der Waals surface area (Å²) in [6.45, 7) is 1.86. The lowest BCUT2D eigenvalue weighted by molar-refractivity contribution is -0.148. The van der Waals surface area contributed by atoms with Crippen molar-refractivity contribution in [2.45, 2.75) is 13.0 Å². The van der Waals surface area contributed by atoms with Gasteiger partial charge in [0.25, 0.3) is 0 Å². The molecule has 0 aliphatic carbocycles. The maximum absolute atomic E-state index is 11.7. The van der Waals surface area contributed by atoms with Gasteiger partial charge in [-0.25, -0.2) is 4.79 Å². The first-order valence-corrected chi connectivity index (χ1v) is 5.35. The van der Waals surface area contributed by atoms with Crippen molar-refractivity contribution in [1.82, 2.24) is 10.2 Å². The minimum atomic E-state index is -1.10. The number of hydrogen-bond acceptors (Lipinski definition) is 4. The number of aliphatic hydroxyl groups excluding tert-OH is 1. The van der Waals surface area contributed by atoms with E-state index in [2.05, 4.69) is 5.32 Å². The van der Waals surface area contributed by atoms with E-state index in [0.29, 0.717) is 0 Å². The number of amides is 2. The molecule has 2 unspecified atom stereocenters. The largest absolute Gasteiger partial charge is 0.481 e. The van der Waals surface area contributed by atoms with Crippen LogP contribution in [0.4, 0.5) is 4.79 Å². The highest BCUT2D eigenvalue weighted by atomic mass is 16.5. The van der Waals surface area contributed by atoms with Gasteiger partial charge in [0.15, 0.2) is 0 Å². The second-order valence-corrected chi connectivity index (χ2v) is 4.38. The summed E-state index contributed by atoms with van der Waals surface area (Å²) in [5, 5.41) is 20.4. The van der Waals surface area contributed by atoms with E-state index in [9.17, 15) is 9.59 Å². The molecular weight excluding hydrogens is 228 g/mol. The number of carboxylic acids is 1. The molecule has 7 nitrogen and oxygen atoms in total. The molecule has 0 radical (unpaired) electrons. The van der Waals surface area contributed by atoms with Crippen molar-refractivity contribution >= 4 is 12.0 Å². The maximum atomic E-state index is 11.7. The minimum Gasteiger partial charge on any atom is -0.481 e. The Morgan fingerprint density at radius 3 is 2.76 bits per heavy atom. The first-order chi connectivity index (χ1) is 7.91. The number of carbonyl (C=O) groups excluding carboxylic acids is 1. The lowest BCUT2D eigenvalue weighted by Gasteiger charge is -2.27. The van der Waals surface area contributed by atoms with Crippen molar-refractivity contribution in [2.24, 2.45) is 5.41 Å². The number of urea groups is 1. The molecule has 1 fully saturated rings. The highest BCUT2D eigenvalue weighted by Crippen LogP contribution is 2.28. The molecule has 0 spiro atoms. The third kappa shape index (κ3) is 2.86. The van der Waals surface area contributed by atoms with E-state index in [1.807, 2.05) is 0 Å². The van der Waals surface area contributed by atoms with Crippen LogP contribution in [0.3, 0.4) is 0 Å². The van der Waals surface area contributed by atoms with Gasteiger partial charge in [-0.3, -0.25) is 4.79 Å². The fourth-order valence-corrected chi connectivity index (χ4v) is 1.60. The molecule has 2 atom stereocenters. The first kappa shape index (κ1) is 13.7. The van der Waals surface area contributed by atoms with Gasteiger partial charge in [0, 0.05) is 13.6 Å². The standard InChI is InChI=1S/C10H18N2O5/c1-10(8(14)15)6-17-5-7(10)11-9(16)12(2)3-4-13/h7,13H,3-6H2,1-2H3,(H,11,16)(H,14,15). The summed E-state index contributed by atoms with van der Waals surface area (Å²) in [7, 11) is 1.53. The number of hydrogen-bond donors (Lipinski definition) is 3. The zero-order valence-corrected chi connectivity index (χ0v) is 9.97. The predicted octanol–water partition coefficient (Wildman–Crippen LogP) is -0.890. The molecule has 98 valence electrons. The molecule has 0 aromatic carbocycles. The number of likely N-dealkylation sites (N-methyl/N-ethyl adjacent to an activating group) is 1. The fourth-order valence-electron chi connectivity index (χ4n) is 1.60. The average Bonchev–Trinajstić information content (AvgIpc) is 2.62. The number of aliphatic carboxylic acids is 1. The van der Waals surface area contributed by atoms with E-state index < -0.39 is 23.5 Å². The Balaban J connectivity index is 2.62. The molecule has 2 amide bonds. The SMILES string of the molecule is CN(CCO)C(=O)NC1COCC1(C)C(=O)O. The number of carbonyl (C=O) groups is 2. The average molecular weight is 246 g/mol. The number of carboxylic acid groups (broad SMARTS) is 1. The van der Waals surface area contributed by atoms with Crippen molar-refractivity contribution in [1.29, 1.82) is 0 Å². The molecule has 0 aromatic rings. The van der Waals surface area contributed by atoms with Crippen LogP contribution in [-0.4, -0.2) is 66.6 Å². The monoisotopic (exact) mass is 246 g/mol. The highest BCUT2D eigenvalue weighted by Gasteiger charge is 2.47. The Morgan fingerprint density at radius 2 is 2.24 bits per heavy atom. The van der Waals surface area contributed by atoms with Crippen LogP contribution in [0.1, 0.15) is 6.92 Å². The van der Waals surface area contributed by atoms with Gasteiger partial charge >= 0.3 is 12.0 Å². The molecule has 0 aromatic heterocycles. The van der Waals surface area contributed by atoms with Gasteiger partial charge in [-0.15, -0.1) is 0 Å². The van der Waals surface area contributed by atoms with Crippen LogP contribution in [0.2, 0.25) is 0 Å². The second kappa shape index (κ2) is 5.33. The van der Waals surface area contributed by atoms with Crippen LogP contribution in [0.15, 0.2) is 0 Å². The molecule has 3 N–H and O–H groups in total. The second-order valence-electron chi connectivity index (χ2n) is 4.38. The van der Waals surface area contributed by atoms with Crippen LogP contribution < -0.4 is 5.32 Å². The Hall–Kier alpha value is -1.34. The van der Waals surface area contributed by atoms with E-state index >= 15 is 0 Å². The third-order valence-electron chi connectivity index (χ3n) is 3.02. The molecule has 1 aliphatic rings. The fraction of sp³-hybridized carbons (Fsp3) is 0.800. The zero-order valence-electron chi connectivity index (χ0n) is 9.97. The van der Waals surface area contributed by atoms with Crippen molar-refractivity contribution < 1.29 is 24.5 Å².